The number of likely N-dealkylation sites (tertiary alicyclic amines) is 1. The van der Waals surface area contributed by atoms with Crippen LogP contribution in [0.1, 0.15) is 39.5 Å². The molecule has 5 nitrogen and oxygen atoms in total. The summed E-state index contributed by atoms with van der Waals surface area (Å²) in [5, 5.41) is 3.28. The lowest BCUT2D eigenvalue weighted by Crippen LogP contribution is -2.56. The molecule has 2 heterocycles. The molecule has 5 heteroatoms. The van der Waals surface area contributed by atoms with Gasteiger partial charge in [-0.05, 0) is 32.6 Å². The summed E-state index contributed by atoms with van der Waals surface area (Å²) in [5.74, 6) is 0.188. The second-order valence-electron chi connectivity index (χ2n) is 5.76. The summed E-state index contributed by atoms with van der Waals surface area (Å²) in [6.07, 6.45) is 4.39. The third-order valence-electron chi connectivity index (χ3n) is 4.13. The molecule has 0 aromatic heterocycles. The van der Waals surface area contributed by atoms with E-state index in [2.05, 4.69) is 12.2 Å². The molecular weight excluding hydrogens is 256 g/mol. The Kier molecular flexibility index (Phi) is 6.26. The number of amides is 1. The Bertz CT molecular complexity index is 311. The molecular formula is C15H28N2O3. The van der Waals surface area contributed by atoms with E-state index in [0.29, 0.717) is 12.7 Å². The molecule has 2 aliphatic heterocycles. The van der Waals surface area contributed by atoms with Gasteiger partial charge in [-0.25, -0.2) is 0 Å². The number of hydrogen-bond acceptors (Lipinski definition) is 4. The van der Waals surface area contributed by atoms with Gasteiger partial charge in [0.05, 0.1) is 18.8 Å². The summed E-state index contributed by atoms with van der Waals surface area (Å²) < 4.78 is 11.4. The molecule has 1 N–H and O–H groups in total. The van der Waals surface area contributed by atoms with Crippen LogP contribution in [0.3, 0.4) is 0 Å². The van der Waals surface area contributed by atoms with E-state index in [1.807, 2.05) is 11.8 Å². The molecule has 0 saturated carbocycles. The van der Waals surface area contributed by atoms with Crippen LogP contribution in [-0.4, -0.2) is 61.9 Å². The van der Waals surface area contributed by atoms with Gasteiger partial charge in [-0.1, -0.05) is 6.92 Å². The van der Waals surface area contributed by atoms with Gasteiger partial charge in [-0.2, -0.15) is 0 Å². The van der Waals surface area contributed by atoms with Crippen molar-refractivity contribution >= 4 is 5.91 Å². The summed E-state index contributed by atoms with van der Waals surface area (Å²) in [6.45, 7) is 8.03. The third kappa shape index (κ3) is 4.17. The Morgan fingerprint density at radius 3 is 3.00 bits per heavy atom. The first-order valence-electron chi connectivity index (χ1n) is 7.97. The number of ether oxygens (including phenoxy) is 2. The van der Waals surface area contributed by atoms with Crippen molar-refractivity contribution in [2.24, 2.45) is 0 Å². The Morgan fingerprint density at radius 1 is 1.40 bits per heavy atom. The van der Waals surface area contributed by atoms with Crippen LogP contribution in [0, 0.1) is 0 Å². The van der Waals surface area contributed by atoms with E-state index in [9.17, 15) is 4.79 Å². The predicted molar refractivity (Wildman–Crippen MR) is 77.7 cm³/mol. The molecule has 0 aromatic rings. The highest BCUT2D eigenvalue weighted by Crippen LogP contribution is 2.17. The molecule has 116 valence electrons. The first kappa shape index (κ1) is 15.7. The van der Waals surface area contributed by atoms with Gasteiger partial charge in [0, 0.05) is 26.2 Å². The minimum atomic E-state index is -0.183. The zero-order valence-electron chi connectivity index (χ0n) is 12.8. The first-order valence-corrected chi connectivity index (χ1v) is 7.97. The molecule has 2 fully saturated rings. The smallest absolute Gasteiger partial charge is 0.242 e. The SMILES string of the molecule is CCCOC1CCCN(C(=O)[C@H]2NCCO[C@@H]2C)CC1. The number of rotatable bonds is 4. The fourth-order valence-corrected chi connectivity index (χ4v) is 2.94. The van der Waals surface area contributed by atoms with Crippen molar-refractivity contribution in [1.82, 2.24) is 10.2 Å². The Balaban J connectivity index is 1.84. The standard InChI is InChI=1S/C15H28N2O3/c1-3-10-20-13-5-4-8-17(9-6-13)15(18)14-12(2)19-11-7-16-14/h12-14,16H,3-11H2,1-2H3/t12-,13?,14+/m1/s1. The van der Waals surface area contributed by atoms with Gasteiger partial charge in [0.2, 0.25) is 5.91 Å². The number of carbonyl (C=O) groups excluding carboxylic acids is 1. The maximum atomic E-state index is 12.6. The topological polar surface area (TPSA) is 50.8 Å². The first-order chi connectivity index (χ1) is 9.72. The third-order valence-corrected chi connectivity index (χ3v) is 4.13. The van der Waals surface area contributed by atoms with Crippen molar-refractivity contribution in [3.8, 4) is 0 Å². The largest absolute Gasteiger partial charge is 0.378 e. The molecule has 2 rings (SSSR count). The summed E-state index contributed by atoms with van der Waals surface area (Å²) in [7, 11) is 0. The molecule has 0 radical (unpaired) electrons. The molecule has 2 aliphatic rings. The Labute approximate surface area is 122 Å². The van der Waals surface area contributed by atoms with Gasteiger partial charge in [0.25, 0.3) is 0 Å². The summed E-state index contributed by atoms with van der Waals surface area (Å²) in [6, 6.07) is -0.183. The van der Waals surface area contributed by atoms with Crippen molar-refractivity contribution in [3.05, 3.63) is 0 Å². The van der Waals surface area contributed by atoms with Gasteiger partial charge < -0.3 is 19.7 Å². The fourth-order valence-electron chi connectivity index (χ4n) is 2.94. The lowest BCUT2D eigenvalue weighted by atomic mass is 10.1. The quantitative estimate of drug-likeness (QED) is 0.842. The van der Waals surface area contributed by atoms with Crippen molar-refractivity contribution < 1.29 is 14.3 Å². The van der Waals surface area contributed by atoms with E-state index in [0.717, 1.165) is 51.9 Å². The monoisotopic (exact) mass is 284 g/mol. The van der Waals surface area contributed by atoms with Crippen LogP contribution in [0.25, 0.3) is 0 Å². The second kappa shape index (κ2) is 7.96. The van der Waals surface area contributed by atoms with E-state index < -0.39 is 0 Å². The van der Waals surface area contributed by atoms with Gasteiger partial charge in [0.1, 0.15) is 6.04 Å². The maximum Gasteiger partial charge on any atom is 0.242 e. The van der Waals surface area contributed by atoms with Crippen LogP contribution in [0.15, 0.2) is 0 Å². The minimum absolute atomic E-state index is 0.0355. The maximum absolute atomic E-state index is 12.6. The number of carbonyl (C=O) groups is 1. The Hall–Kier alpha value is -0.650. The lowest BCUT2D eigenvalue weighted by molar-refractivity contribution is -0.139. The fraction of sp³-hybridized carbons (Fsp3) is 0.933. The van der Waals surface area contributed by atoms with Crippen molar-refractivity contribution in [2.75, 3.05) is 32.8 Å². The summed E-state index contributed by atoms with van der Waals surface area (Å²) >= 11 is 0. The Morgan fingerprint density at radius 2 is 2.25 bits per heavy atom. The molecule has 1 amide bonds. The van der Waals surface area contributed by atoms with E-state index in [-0.39, 0.29) is 18.1 Å². The molecule has 1 unspecified atom stereocenters. The van der Waals surface area contributed by atoms with Crippen LogP contribution in [0.5, 0.6) is 0 Å². The van der Waals surface area contributed by atoms with E-state index in [4.69, 9.17) is 9.47 Å². The highest BCUT2D eigenvalue weighted by molar-refractivity contribution is 5.82. The zero-order valence-corrected chi connectivity index (χ0v) is 12.8. The number of nitrogens with one attached hydrogen (secondary N) is 1. The second-order valence-corrected chi connectivity index (χ2v) is 5.76. The van der Waals surface area contributed by atoms with Crippen LogP contribution in [0.4, 0.5) is 0 Å². The van der Waals surface area contributed by atoms with E-state index >= 15 is 0 Å². The van der Waals surface area contributed by atoms with Crippen LogP contribution in [0.2, 0.25) is 0 Å². The van der Waals surface area contributed by atoms with Crippen molar-refractivity contribution in [2.45, 2.75) is 57.8 Å². The average molecular weight is 284 g/mol. The van der Waals surface area contributed by atoms with Gasteiger partial charge in [0.15, 0.2) is 0 Å². The molecule has 2 saturated heterocycles. The van der Waals surface area contributed by atoms with Gasteiger partial charge in [-0.3, -0.25) is 4.79 Å². The lowest BCUT2D eigenvalue weighted by Gasteiger charge is -2.33. The van der Waals surface area contributed by atoms with Gasteiger partial charge in [-0.15, -0.1) is 0 Å². The van der Waals surface area contributed by atoms with E-state index in [1.54, 1.807) is 0 Å². The summed E-state index contributed by atoms with van der Waals surface area (Å²) in [5.41, 5.74) is 0. The van der Waals surface area contributed by atoms with Gasteiger partial charge >= 0.3 is 0 Å². The summed E-state index contributed by atoms with van der Waals surface area (Å²) in [4.78, 5) is 14.6. The van der Waals surface area contributed by atoms with E-state index in [1.165, 1.54) is 0 Å². The van der Waals surface area contributed by atoms with Crippen LogP contribution < -0.4 is 5.32 Å². The molecule has 0 bridgehead atoms. The molecule has 3 atom stereocenters. The number of morpholine rings is 1. The molecule has 0 aliphatic carbocycles. The minimum Gasteiger partial charge on any atom is -0.378 e. The highest BCUT2D eigenvalue weighted by Gasteiger charge is 2.32. The molecule has 0 spiro atoms. The predicted octanol–water partition coefficient (Wildman–Crippen LogP) is 1.17. The average Bonchev–Trinajstić information content (AvgIpc) is 2.70. The van der Waals surface area contributed by atoms with Crippen molar-refractivity contribution in [1.29, 1.82) is 0 Å². The number of hydrogen-bond donors (Lipinski definition) is 1. The highest BCUT2D eigenvalue weighted by atomic mass is 16.5. The molecule has 0 aromatic carbocycles. The zero-order chi connectivity index (χ0) is 14.4. The normalized spacial score (nSPS) is 31.9. The molecule has 20 heavy (non-hydrogen) atoms. The van der Waals surface area contributed by atoms with Crippen molar-refractivity contribution in [3.63, 3.8) is 0 Å². The number of nitrogens with zero attached hydrogens (tertiary/aromatic N) is 1. The van der Waals surface area contributed by atoms with Crippen LogP contribution >= 0.6 is 0 Å². The van der Waals surface area contributed by atoms with Crippen LogP contribution in [-0.2, 0) is 14.3 Å².